The molecule has 1 fully saturated rings. The Balaban J connectivity index is 1.89. The second-order valence-corrected chi connectivity index (χ2v) is 5.45. The Bertz CT molecular complexity index is 464. The molecule has 0 spiro atoms. The molecule has 1 aliphatic rings. The summed E-state index contributed by atoms with van der Waals surface area (Å²) in [6.45, 7) is 2.69. The van der Waals surface area contributed by atoms with Crippen LogP contribution in [-0.2, 0) is 11.3 Å². The summed E-state index contributed by atoms with van der Waals surface area (Å²) in [7, 11) is 4.02. The highest BCUT2D eigenvalue weighted by Gasteiger charge is 2.24. The molecule has 6 heteroatoms. The average molecular weight is 278 g/mol. The van der Waals surface area contributed by atoms with Gasteiger partial charge in [-0.25, -0.2) is 0 Å². The van der Waals surface area contributed by atoms with Gasteiger partial charge >= 0.3 is 0 Å². The summed E-state index contributed by atoms with van der Waals surface area (Å²) in [5.74, 6) is 0.547. The van der Waals surface area contributed by atoms with E-state index in [1.807, 2.05) is 31.1 Å². The number of primary amides is 1. The first-order valence-electron chi connectivity index (χ1n) is 6.80. The maximum atomic E-state index is 10.9. The van der Waals surface area contributed by atoms with E-state index in [4.69, 9.17) is 10.5 Å². The fourth-order valence-electron chi connectivity index (χ4n) is 2.39. The Morgan fingerprint density at radius 3 is 3.10 bits per heavy atom. The van der Waals surface area contributed by atoms with Gasteiger partial charge in [-0.2, -0.15) is 0 Å². The van der Waals surface area contributed by atoms with Gasteiger partial charge in [-0.3, -0.25) is 14.7 Å². The van der Waals surface area contributed by atoms with Crippen LogP contribution in [0.3, 0.4) is 0 Å². The number of amides is 1. The van der Waals surface area contributed by atoms with Crippen LogP contribution in [0.25, 0.3) is 0 Å². The van der Waals surface area contributed by atoms with Gasteiger partial charge in [0.15, 0.2) is 0 Å². The Morgan fingerprint density at radius 2 is 2.40 bits per heavy atom. The van der Waals surface area contributed by atoms with Crippen molar-refractivity contribution in [3.63, 3.8) is 0 Å². The molecule has 0 aromatic carbocycles. The van der Waals surface area contributed by atoms with Gasteiger partial charge in [0.2, 0.25) is 5.91 Å². The minimum absolute atomic E-state index is 0.115. The number of nitrogens with zero attached hydrogens (tertiary/aromatic N) is 3. The monoisotopic (exact) mass is 278 g/mol. The van der Waals surface area contributed by atoms with E-state index in [9.17, 15) is 4.79 Å². The van der Waals surface area contributed by atoms with Crippen LogP contribution in [0.15, 0.2) is 18.3 Å². The minimum atomic E-state index is -0.289. The molecule has 1 atom stereocenters. The highest BCUT2D eigenvalue weighted by atomic mass is 16.5. The van der Waals surface area contributed by atoms with E-state index >= 15 is 0 Å². The van der Waals surface area contributed by atoms with Gasteiger partial charge in [-0.1, -0.05) is 0 Å². The van der Waals surface area contributed by atoms with Gasteiger partial charge in [0.25, 0.3) is 0 Å². The van der Waals surface area contributed by atoms with Crippen molar-refractivity contribution in [3.8, 4) is 5.75 Å². The summed E-state index contributed by atoms with van der Waals surface area (Å²) in [6.07, 6.45) is 2.80. The number of aromatic nitrogens is 1. The van der Waals surface area contributed by atoms with Crippen molar-refractivity contribution in [2.75, 3.05) is 33.7 Å². The topological polar surface area (TPSA) is 71.7 Å². The maximum absolute atomic E-state index is 10.9. The number of likely N-dealkylation sites (tertiary alicyclic amines) is 1. The van der Waals surface area contributed by atoms with Crippen molar-refractivity contribution in [2.24, 2.45) is 5.73 Å². The summed E-state index contributed by atoms with van der Waals surface area (Å²) in [5.41, 5.74) is 6.19. The van der Waals surface area contributed by atoms with Gasteiger partial charge in [0.05, 0.1) is 12.2 Å². The molecule has 0 saturated carbocycles. The number of carbonyl (C=O) groups excluding carboxylic acids is 1. The predicted molar refractivity (Wildman–Crippen MR) is 76.3 cm³/mol. The minimum Gasteiger partial charge on any atom is -0.489 e. The van der Waals surface area contributed by atoms with Crippen molar-refractivity contribution in [3.05, 3.63) is 24.0 Å². The molecule has 1 amide bonds. The van der Waals surface area contributed by atoms with Gasteiger partial charge < -0.3 is 15.4 Å². The smallest absolute Gasteiger partial charge is 0.231 e. The third-order valence-corrected chi connectivity index (χ3v) is 3.18. The second-order valence-electron chi connectivity index (χ2n) is 5.45. The molecule has 2 N–H and O–H groups in total. The molecule has 110 valence electrons. The zero-order chi connectivity index (χ0) is 14.5. The molecule has 0 aliphatic carbocycles. The quantitative estimate of drug-likeness (QED) is 0.798. The van der Waals surface area contributed by atoms with Crippen LogP contribution in [-0.4, -0.2) is 60.5 Å². The van der Waals surface area contributed by atoms with Crippen LogP contribution >= 0.6 is 0 Å². The molecule has 1 aromatic heterocycles. The summed E-state index contributed by atoms with van der Waals surface area (Å²) >= 11 is 0. The maximum Gasteiger partial charge on any atom is 0.231 e. The first-order valence-corrected chi connectivity index (χ1v) is 6.80. The van der Waals surface area contributed by atoms with E-state index in [0.29, 0.717) is 6.54 Å². The van der Waals surface area contributed by atoms with Crippen LogP contribution in [0.1, 0.15) is 12.1 Å². The van der Waals surface area contributed by atoms with Crippen LogP contribution in [0, 0.1) is 0 Å². The van der Waals surface area contributed by atoms with E-state index in [2.05, 4.69) is 9.88 Å². The number of hydrogen-bond acceptors (Lipinski definition) is 5. The number of hydrogen-bond donors (Lipinski definition) is 1. The van der Waals surface area contributed by atoms with Crippen LogP contribution < -0.4 is 10.5 Å². The first kappa shape index (κ1) is 14.7. The van der Waals surface area contributed by atoms with Crippen molar-refractivity contribution >= 4 is 5.91 Å². The lowest BCUT2D eigenvalue weighted by Gasteiger charge is -2.16. The molecule has 0 bridgehead atoms. The molecular formula is C14H22N4O2. The summed E-state index contributed by atoms with van der Waals surface area (Å²) in [6, 6.07) is 3.84. The Hall–Kier alpha value is -1.66. The van der Waals surface area contributed by atoms with Crippen LogP contribution in [0.4, 0.5) is 0 Å². The zero-order valence-corrected chi connectivity index (χ0v) is 12.1. The molecule has 0 radical (unpaired) electrons. The molecule has 20 heavy (non-hydrogen) atoms. The fraction of sp³-hybridized carbons (Fsp3) is 0.571. The highest BCUT2D eigenvalue weighted by molar-refractivity contribution is 5.75. The summed E-state index contributed by atoms with van der Waals surface area (Å²) in [5, 5.41) is 0. The third-order valence-electron chi connectivity index (χ3n) is 3.18. The summed E-state index contributed by atoms with van der Waals surface area (Å²) in [4.78, 5) is 19.3. The normalized spacial score (nSPS) is 19.4. The first-order chi connectivity index (χ1) is 9.52. The van der Waals surface area contributed by atoms with Gasteiger partial charge in [0.1, 0.15) is 11.9 Å². The predicted octanol–water partition coefficient (Wildman–Crippen LogP) is 0.0816. The summed E-state index contributed by atoms with van der Waals surface area (Å²) < 4.78 is 5.96. The average Bonchev–Trinajstić information content (AvgIpc) is 2.75. The lowest BCUT2D eigenvalue weighted by atomic mass is 10.3. The van der Waals surface area contributed by atoms with E-state index < -0.39 is 0 Å². The SMILES string of the molecule is CN(C)Cc1cc(OC2CCN(CC(N)=O)C2)ccn1. The molecule has 1 unspecified atom stereocenters. The van der Waals surface area contributed by atoms with Gasteiger partial charge in [0, 0.05) is 31.9 Å². The Morgan fingerprint density at radius 1 is 1.60 bits per heavy atom. The van der Waals surface area contributed by atoms with Crippen molar-refractivity contribution in [1.29, 1.82) is 0 Å². The standard InChI is InChI=1S/C14H22N4O2/c1-17(2)8-11-7-12(3-5-16-11)20-13-4-6-18(9-13)10-14(15)19/h3,5,7,13H,4,6,8-10H2,1-2H3,(H2,15,19). The molecule has 6 nitrogen and oxygen atoms in total. The van der Waals surface area contributed by atoms with Gasteiger partial charge in [-0.15, -0.1) is 0 Å². The fourth-order valence-corrected chi connectivity index (χ4v) is 2.39. The molecule has 1 aromatic rings. The van der Waals surface area contributed by atoms with Crippen molar-refractivity contribution < 1.29 is 9.53 Å². The zero-order valence-electron chi connectivity index (χ0n) is 12.1. The van der Waals surface area contributed by atoms with Crippen molar-refractivity contribution in [1.82, 2.24) is 14.8 Å². The molecular weight excluding hydrogens is 256 g/mol. The molecule has 2 rings (SSSR count). The van der Waals surface area contributed by atoms with E-state index in [1.165, 1.54) is 0 Å². The molecule has 1 saturated heterocycles. The van der Waals surface area contributed by atoms with Crippen molar-refractivity contribution in [2.45, 2.75) is 19.1 Å². The molecule has 2 heterocycles. The van der Waals surface area contributed by atoms with Crippen LogP contribution in [0.2, 0.25) is 0 Å². The van der Waals surface area contributed by atoms with E-state index in [1.54, 1.807) is 6.20 Å². The number of nitrogens with two attached hydrogens (primary N) is 1. The largest absolute Gasteiger partial charge is 0.489 e. The van der Waals surface area contributed by atoms with E-state index in [0.717, 1.165) is 37.5 Å². The van der Waals surface area contributed by atoms with E-state index in [-0.39, 0.29) is 12.0 Å². The lowest BCUT2D eigenvalue weighted by molar-refractivity contribution is -0.118. The number of ether oxygens (including phenoxy) is 1. The lowest BCUT2D eigenvalue weighted by Crippen LogP contribution is -2.33. The number of carbonyl (C=O) groups is 1. The van der Waals surface area contributed by atoms with Crippen LogP contribution in [0.5, 0.6) is 5.75 Å². The third kappa shape index (κ3) is 4.47. The Kier molecular flexibility index (Phi) is 4.92. The second kappa shape index (κ2) is 6.67. The Labute approximate surface area is 119 Å². The number of rotatable bonds is 6. The highest BCUT2D eigenvalue weighted by Crippen LogP contribution is 2.18. The number of pyridine rings is 1. The molecule has 1 aliphatic heterocycles. The van der Waals surface area contributed by atoms with Gasteiger partial charge in [-0.05, 0) is 26.6 Å².